The van der Waals surface area contributed by atoms with Gasteiger partial charge >= 0.3 is 0 Å². The fourth-order valence-corrected chi connectivity index (χ4v) is 3.43. The van der Waals surface area contributed by atoms with E-state index < -0.39 is 0 Å². The zero-order valence-electron chi connectivity index (χ0n) is 18.0. The van der Waals surface area contributed by atoms with Crippen LogP contribution in [-0.4, -0.2) is 57.0 Å². The van der Waals surface area contributed by atoms with Gasteiger partial charge in [-0.15, -0.1) is 24.0 Å². The van der Waals surface area contributed by atoms with Crippen molar-refractivity contribution in [1.82, 2.24) is 15.5 Å². The van der Waals surface area contributed by atoms with Crippen molar-refractivity contribution < 1.29 is 4.79 Å². The quantitative estimate of drug-likeness (QED) is 0.334. The third kappa shape index (κ3) is 6.43. The summed E-state index contributed by atoms with van der Waals surface area (Å²) < 4.78 is 0. The zero-order valence-corrected chi connectivity index (χ0v) is 20.3. The zero-order chi connectivity index (χ0) is 20.6. The van der Waals surface area contributed by atoms with Gasteiger partial charge in [0, 0.05) is 37.4 Å². The first kappa shape index (κ1) is 24.1. The van der Waals surface area contributed by atoms with Crippen LogP contribution >= 0.6 is 24.0 Å². The molecule has 0 saturated heterocycles. The molecular formula is C23H32IN5O. The lowest BCUT2D eigenvalue weighted by atomic mass is 10.1. The molecule has 0 radical (unpaired) electrons. The second-order valence-corrected chi connectivity index (χ2v) is 7.46. The van der Waals surface area contributed by atoms with E-state index in [9.17, 15) is 4.79 Å². The van der Waals surface area contributed by atoms with Gasteiger partial charge in [0.1, 0.15) is 0 Å². The smallest absolute Gasteiger partial charge is 0.251 e. The number of benzene rings is 2. The molecule has 0 aliphatic carbocycles. The number of carbonyl (C=O) groups excluding carboxylic acids is 1. The molecule has 0 unspecified atom stereocenters. The van der Waals surface area contributed by atoms with Crippen molar-refractivity contribution in [2.45, 2.75) is 19.9 Å². The molecule has 3 rings (SSSR count). The first-order valence-corrected chi connectivity index (χ1v) is 10.2. The number of likely N-dealkylation sites (N-methyl/N-ethyl adjacent to an activating group) is 1. The predicted octanol–water partition coefficient (Wildman–Crippen LogP) is 3.12. The number of para-hydroxylation sites is 1. The standard InChI is InChI=1S/C23H31N5O.HI/c1-4-24-23(28-14-12-19-9-5-6-11-21(19)28)26-17-18-8-7-10-20(16-18)22(29)25-13-15-27(2)3;/h5-11,16H,4,12-15,17H2,1-3H3,(H,24,26)(H,25,29);1H. The Hall–Kier alpha value is -2.13. The maximum Gasteiger partial charge on any atom is 0.251 e. The summed E-state index contributed by atoms with van der Waals surface area (Å²) in [6.45, 7) is 5.80. The Labute approximate surface area is 196 Å². The van der Waals surface area contributed by atoms with E-state index in [0.717, 1.165) is 37.6 Å². The number of hydrogen-bond acceptors (Lipinski definition) is 3. The Morgan fingerprint density at radius 2 is 1.93 bits per heavy atom. The summed E-state index contributed by atoms with van der Waals surface area (Å²) in [6, 6.07) is 16.2. The van der Waals surface area contributed by atoms with Crippen LogP contribution in [0, 0.1) is 0 Å². The second-order valence-electron chi connectivity index (χ2n) is 7.46. The Bertz CT molecular complexity index is 868. The highest BCUT2D eigenvalue weighted by atomic mass is 127. The predicted molar refractivity (Wildman–Crippen MR) is 135 cm³/mol. The summed E-state index contributed by atoms with van der Waals surface area (Å²) in [7, 11) is 3.98. The normalized spacial score (nSPS) is 13.1. The minimum Gasteiger partial charge on any atom is -0.356 e. The fraction of sp³-hybridized carbons (Fsp3) is 0.391. The van der Waals surface area contributed by atoms with Crippen molar-refractivity contribution in [3.05, 3.63) is 65.2 Å². The molecule has 1 amide bonds. The summed E-state index contributed by atoms with van der Waals surface area (Å²) in [4.78, 5) is 21.5. The van der Waals surface area contributed by atoms with Crippen LogP contribution in [0.1, 0.15) is 28.4 Å². The maximum absolute atomic E-state index is 12.4. The van der Waals surface area contributed by atoms with Gasteiger partial charge in [-0.1, -0.05) is 30.3 Å². The average Bonchev–Trinajstić information content (AvgIpc) is 3.15. The summed E-state index contributed by atoms with van der Waals surface area (Å²) in [5, 5.41) is 6.36. The molecule has 1 aliphatic heterocycles. The van der Waals surface area contributed by atoms with Crippen LogP contribution in [0.25, 0.3) is 0 Å². The minimum atomic E-state index is -0.0435. The third-order valence-electron chi connectivity index (χ3n) is 4.92. The third-order valence-corrected chi connectivity index (χ3v) is 4.92. The van der Waals surface area contributed by atoms with Gasteiger partial charge in [-0.05, 0) is 56.8 Å². The Morgan fingerprint density at radius 3 is 2.70 bits per heavy atom. The number of rotatable bonds is 7. The first-order valence-electron chi connectivity index (χ1n) is 10.2. The van der Waals surface area contributed by atoms with Gasteiger partial charge in [0.05, 0.1) is 6.54 Å². The van der Waals surface area contributed by atoms with Crippen LogP contribution in [0.2, 0.25) is 0 Å². The van der Waals surface area contributed by atoms with Crippen molar-refractivity contribution in [3.63, 3.8) is 0 Å². The highest BCUT2D eigenvalue weighted by Gasteiger charge is 2.22. The molecule has 1 aliphatic rings. The van der Waals surface area contributed by atoms with Crippen LogP contribution in [-0.2, 0) is 13.0 Å². The largest absolute Gasteiger partial charge is 0.356 e. The van der Waals surface area contributed by atoms with Crippen molar-refractivity contribution in [2.75, 3.05) is 45.2 Å². The van der Waals surface area contributed by atoms with E-state index in [1.54, 1.807) is 0 Å². The molecule has 2 aromatic rings. The summed E-state index contributed by atoms with van der Waals surface area (Å²) in [5.41, 5.74) is 4.27. The molecule has 2 N–H and O–H groups in total. The molecule has 0 spiro atoms. The van der Waals surface area contributed by atoms with Gasteiger partial charge in [-0.25, -0.2) is 4.99 Å². The number of carbonyl (C=O) groups is 1. The summed E-state index contributed by atoms with van der Waals surface area (Å²) >= 11 is 0. The fourth-order valence-electron chi connectivity index (χ4n) is 3.43. The van der Waals surface area contributed by atoms with E-state index in [-0.39, 0.29) is 29.9 Å². The number of hydrogen-bond donors (Lipinski definition) is 2. The second kappa shape index (κ2) is 11.9. The lowest BCUT2D eigenvalue weighted by Crippen LogP contribution is -2.40. The summed E-state index contributed by atoms with van der Waals surface area (Å²) in [6.07, 6.45) is 1.03. The van der Waals surface area contributed by atoms with E-state index in [0.29, 0.717) is 18.7 Å². The number of nitrogens with zero attached hydrogens (tertiary/aromatic N) is 3. The molecule has 6 nitrogen and oxygen atoms in total. The Balaban J connectivity index is 0.00000320. The van der Waals surface area contributed by atoms with Crippen molar-refractivity contribution in [1.29, 1.82) is 0 Å². The number of amides is 1. The topological polar surface area (TPSA) is 60.0 Å². The molecule has 30 heavy (non-hydrogen) atoms. The van der Waals surface area contributed by atoms with E-state index in [4.69, 9.17) is 4.99 Å². The van der Waals surface area contributed by atoms with Gasteiger partial charge in [0.25, 0.3) is 5.91 Å². The molecule has 0 fully saturated rings. The van der Waals surface area contributed by atoms with E-state index >= 15 is 0 Å². The van der Waals surface area contributed by atoms with Crippen LogP contribution in [0.15, 0.2) is 53.5 Å². The monoisotopic (exact) mass is 521 g/mol. The average molecular weight is 521 g/mol. The van der Waals surface area contributed by atoms with Crippen LogP contribution < -0.4 is 15.5 Å². The number of aliphatic imine (C=N–C) groups is 1. The van der Waals surface area contributed by atoms with Gasteiger partial charge in [0.15, 0.2) is 5.96 Å². The van der Waals surface area contributed by atoms with Gasteiger partial charge in [-0.3, -0.25) is 4.79 Å². The van der Waals surface area contributed by atoms with Gasteiger partial charge in [-0.2, -0.15) is 0 Å². The number of fused-ring (bicyclic) bond motifs is 1. The highest BCUT2D eigenvalue weighted by molar-refractivity contribution is 14.0. The molecule has 162 valence electrons. The molecular weight excluding hydrogens is 489 g/mol. The lowest BCUT2D eigenvalue weighted by Gasteiger charge is -2.22. The van der Waals surface area contributed by atoms with E-state index in [1.807, 2.05) is 43.3 Å². The number of nitrogens with one attached hydrogen (secondary N) is 2. The van der Waals surface area contributed by atoms with Crippen LogP contribution in [0.5, 0.6) is 0 Å². The molecule has 0 saturated carbocycles. The van der Waals surface area contributed by atoms with E-state index in [2.05, 4.69) is 46.7 Å². The van der Waals surface area contributed by atoms with Crippen LogP contribution in [0.3, 0.4) is 0 Å². The van der Waals surface area contributed by atoms with Gasteiger partial charge in [0.2, 0.25) is 0 Å². The van der Waals surface area contributed by atoms with Crippen molar-refractivity contribution in [2.24, 2.45) is 4.99 Å². The summed E-state index contributed by atoms with van der Waals surface area (Å²) in [5.74, 6) is 0.844. The van der Waals surface area contributed by atoms with E-state index in [1.165, 1.54) is 11.3 Å². The molecule has 0 bridgehead atoms. The highest BCUT2D eigenvalue weighted by Crippen LogP contribution is 2.27. The molecule has 0 atom stereocenters. The van der Waals surface area contributed by atoms with Crippen molar-refractivity contribution >= 4 is 41.5 Å². The molecule has 1 heterocycles. The number of halogens is 1. The SMILES string of the molecule is CCNC(=NCc1cccc(C(=O)NCCN(C)C)c1)N1CCc2ccccc21.I. The number of anilines is 1. The first-order chi connectivity index (χ1) is 14.1. The number of guanidine groups is 1. The minimum absolute atomic E-state index is 0. The molecule has 7 heteroatoms. The van der Waals surface area contributed by atoms with Crippen LogP contribution in [0.4, 0.5) is 5.69 Å². The Morgan fingerprint density at radius 1 is 1.13 bits per heavy atom. The maximum atomic E-state index is 12.4. The molecule has 2 aromatic carbocycles. The lowest BCUT2D eigenvalue weighted by molar-refractivity contribution is 0.0951. The van der Waals surface area contributed by atoms with Crippen molar-refractivity contribution in [3.8, 4) is 0 Å². The Kier molecular flexibility index (Phi) is 9.58. The molecule has 0 aromatic heterocycles. The van der Waals surface area contributed by atoms with Gasteiger partial charge < -0.3 is 20.4 Å².